The Morgan fingerprint density at radius 2 is 1.93 bits per heavy atom. The molecule has 0 aliphatic carbocycles. The van der Waals surface area contributed by atoms with Gasteiger partial charge in [0, 0.05) is 18.3 Å². The molecule has 0 atom stereocenters. The fourth-order valence-corrected chi connectivity index (χ4v) is 2.91. The van der Waals surface area contributed by atoms with E-state index in [1.54, 1.807) is 18.2 Å². The first-order valence-electron chi connectivity index (χ1n) is 9.33. The van der Waals surface area contributed by atoms with Crippen LogP contribution in [0.5, 0.6) is 0 Å². The first kappa shape index (κ1) is 22.2. The van der Waals surface area contributed by atoms with Gasteiger partial charge in [-0.05, 0) is 38.5 Å². The van der Waals surface area contributed by atoms with Gasteiger partial charge in [0.25, 0.3) is 0 Å². The molecule has 7 nitrogen and oxygen atoms in total. The Hall–Kier alpha value is -2.12. The predicted octanol–water partition coefficient (Wildman–Crippen LogP) is 4.06. The summed E-state index contributed by atoms with van der Waals surface area (Å²) in [5.41, 5.74) is 0.651. The van der Waals surface area contributed by atoms with Gasteiger partial charge in [-0.2, -0.15) is 4.99 Å². The number of guanidine groups is 2. The number of anilines is 1. The Morgan fingerprint density at radius 3 is 2.57 bits per heavy atom. The molecule has 2 N–H and O–H groups in total. The van der Waals surface area contributed by atoms with Gasteiger partial charge < -0.3 is 5.32 Å². The van der Waals surface area contributed by atoms with Gasteiger partial charge in [-0.15, -0.1) is 0 Å². The number of aliphatic imine (C=N–C) groups is 2. The van der Waals surface area contributed by atoms with Crippen LogP contribution in [-0.2, 0) is 9.59 Å². The number of nitrogens with zero attached hydrogens (tertiary/aromatic N) is 3. The average molecular weight is 426 g/mol. The van der Waals surface area contributed by atoms with Crippen molar-refractivity contribution in [2.45, 2.75) is 52.5 Å². The van der Waals surface area contributed by atoms with Crippen LogP contribution < -0.4 is 10.6 Å². The van der Waals surface area contributed by atoms with E-state index >= 15 is 0 Å². The fraction of sp³-hybridized carbons (Fsp3) is 0.474. The molecule has 1 aromatic carbocycles. The van der Waals surface area contributed by atoms with E-state index in [2.05, 4.69) is 27.5 Å². The maximum absolute atomic E-state index is 12.1. The van der Waals surface area contributed by atoms with Crippen molar-refractivity contribution in [1.29, 1.82) is 0 Å². The van der Waals surface area contributed by atoms with Crippen LogP contribution in [-0.4, -0.2) is 41.2 Å². The second-order valence-corrected chi connectivity index (χ2v) is 7.49. The Morgan fingerprint density at radius 1 is 1.18 bits per heavy atom. The first-order valence-corrected chi connectivity index (χ1v) is 10.1. The van der Waals surface area contributed by atoms with E-state index in [-0.39, 0.29) is 18.0 Å². The number of benzene rings is 1. The standard InChI is InChI=1S/C19H25Cl2N5O2/c1-4-5-6-7-10-22-18(23-13-8-9-14(20)15(21)11-13)25-19-24-16(27)17(28)26(19)12(2)3/h8-9,11-12H,4-7,10H2,1-3H3,(H2,22,23,24,25,27). The van der Waals surface area contributed by atoms with Gasteiger partial charge in [-0.3, -0.25) is 24.8 Å². The van der Waals surface area contributed by atoms with Crippen LogP contribution in [0.1, 0.15) is 46.5 Å². The van der Waals surface area contributed by atoms with Gasteiger partial charge in [-0.1, -0.05) is 49.4 Å². The summed E-state index contributed by atoms with van der Waals surface area (Å²) in [5, 5.41) is 6.42. The molecule has 1 fully saturated rings. The predicted molar refractivity (Wildman–Crippen MR) is 114 cm³/mol. The summed E-state index contributed by atoms with van der Waals surface area (Å²) in [6.07, 6.45) is 4.28. The van der Waals surface area contributed by atoms with Gasteiger partial charge in [0.2, 0.25) is 11.9 Å². The molecular weight excluding hydrogens is 401 g/mol. The molecule has 1 saturated heterocycles. The van der Waals surface area contributed by atoms with Crippen molar-refractivity contribution in [2.24, 2.45) is 9.98 Å². The summed E-state index contributed by atoms with van der Waals surface area (Å²) < 4.78 is 0. The summed E-state index contributed by atoms with van der Waals surface area (Å²) in [6.45, 7) is 6.33. The number of hydrogen-bond donors (Lipinski definition) is 2. The van der Waals surface area contributed by atoms with E-state index in [1.807, 2.05) is 13.8 Å². The van der Waals surface area contributed by atoms with Gasteiger partial charge in [-0.25, -0.2) is 0 Å². The Labute approximate surface area is 175 Å². The quantitative estimate of drug-likeness (QED) is 0.298. The smallest absolute Gasteiger partial charge is 0.319 e. The molecule has 1 heterocycles. The highest BCUT2D eigenvalue weighted by Gasteiger charge is 2.37. The fourth-order valence-electron chi connectivity index (χ4n) is 2.61. The normalized spacial score (nSPS) is 16.3. The number of rotatable bonds is 7. The van der Waals surface area contributed by atoms with Crippen molar-refractivity contribution >= 4 is 52.6 Å². The second-order valence-electron chi connectivity index (χ2n) is 6.68. The van der Waals surface area contributed by atoms with Crippen molar-refractivity contribution in [3.63, 3.8) is 0 Å². The van der Waals surface area contributed by atoms with Crippen LogP contribution in [0, 0.1) is 0 Å². The number of nitrogens with one attached hydrogen (secondary N) is 2. The van der Waals surface area contributed by atoms with Crippen molar-refractivity contribution in [3.05, 3.63) is 28.2 Å². The van der Waals surface area contributed by atoms with Gasteiger partial charge in [0.15, 0.2) is 0 Å². The summed E-state index contributed by atoms with van der Waals surface area (Å²) in [5.74, 6) is -0.898. The molecule has 1 aromatic rings. The van der Waals surface area contributed by atoms with E-state index in [0.717, 1.165) is 25.7 Å². The zero-order valence-corrected chi connectivity index (χ0v) is 17.8. The maximum Gasteiger partial charge on any atom is 0.319 e. The molecule has 0 spiro atoms. The van der Waals surface area contributed by atoms with Crippen LogP contribution in [0.3, 0.4) is 0 Å². The number of amides is 2. The van der Waals surface area contributed by atoms with Crippen LogP contribution >= 0.6 is 23.2 Å². The summed E-state index contributed by atoms with van der Waals surface area (Å²) >= 11 is 12.0. The minimum atomic E-state index is -0.704. The molecule has 0 aromatic heterocycles. The molecule has 152 valence electrons. The minimum absolute atomic E-state index is 0.157. The first-order chi connectivity index (χ1) is 13.3. The number of unbranched alkanes of at least 4 members (excludes halogenated alkanes) is 3. The van der Waals surface area contributed by atoms with Gasteiger partial charge in [0.05, 0.1) is 10.0 Å². The molecule has 0 unspecified atom stereocenters. The Kier molecular flexibility index (Phi) is 8.26. The average Bonchev–Trinajstić information content (AvgIpc) is 2.91. The highest BCUT2D eigenvalue weighted by Crippen LogP contribution is 2.25. The summed E-state index contributed by atoms with van der Waals surface area (Å²) in [7, 11) is 0. The third-order valence-electron chi connectivity index (χ3n) is 4.04. The monoisotopic (exact) mass is 425 g/mol. The number of halogens is 2. The third kappa shape index (κ3) is 5.94. The van der Waals surface area contributed by atoms with Crippen molar-refractivity contribution in [3.8, 4) is 0 Å². The van der Waals surface area contributed by atoms with Crippen molar-refractivity contribution in [2.75, 3.05) is 11.9 Å². The molecule has 0 saturated carbocycles. The molecule has 1 aliphatic heterocycles. The zero-order valence-electron chi connectivity index (χ0n) is 16.3. The molecule has 0 bridgehead atoms. The SMILES string of the molecule is CCCCCCN=C(/N=C1\NC(=O)C(=O)N1C(C)C)Nc1ccc(Cl)c(Cl)c1. The zero-order chi connectivity index (χ0) is 20.7. The van der Waals surface area contributed by atoms with Crippen molar-refractivity contribution in [1.82, 2.24) is 10.2 Å². The summed E-state index contributed by atoms with van der Waals surface area (Å²) in [6, 6.07) is 4.86. The van der Waals surface area contributed by atoms with Crippen LogP contribution in [0.2, 0.25) is 10.0 Å². The molecule has 9 heteroatoms. The maximum atomic E-state index is 12.1. The van der Waals surface area contributed by atoms with Crippen LogP contribution in [0.15, 0.2) is 28.2 Å². The van der Waals surface area contributed by atoms with Gasteiger partial charge >= 0.3 is 11.8 Å². The molecule has 28 heavy (non-hydrogen) atoms. The number of carbonyl (C=O) groups excluding carboxylic acids is 2. The Bertz CT molecular complexity index is 793. The molecule has 1 aliphatic rings. The lowest BCUT2D eigenvalue weighted by molar-refractivity contribution is -0.140. The highest BCUT2D eigenvalue weighted by atomic mass is 35.5. The molecule has 2 amide bonds. The molecule has 2 rings (SSSR count). The lowest BCUT2D eigenvalue weighted by Gasteiger charge is -2.19. The van der Waals surface area contributed by atoms with Crippen LogP contribution in [0.25, 0.3) is 0 Å². The van der Waals surface area contributed by atoms with Crippen LogP contribution in [0.4, 0.5) is 5.69 Å². The topological polar surface area (TPSA) is 86.2 Å². The lowest BCUT2D eigenvalue weighted by atomic mass is 10.2. The van der Waals surface area contributed by atoms with E-state index in [9.17, 15) is 9.59 Å². The number of hydrogen-bond acceptors (Lipinski definition) is 3. The van der Waals surface area contributed by atoms with Gasteiger partial charge in [0.1, 0.15) is 0 Å². The second kappa shape index (κ2) is 10.4. The van der Waals surface area contributed by atoms with E-state index in [1.165, 1.54) is 4.90 Å². The Balaban J connectivity index is 2.26. The molecule has 0 radical (unpaired) electrons. The third-order valence-corrected chi connectivity index (χ3v) is 4.78. The van der Waals surface area contributed by atoms with E-state index in [0.29, 0.717) is 22.3 Å². The molecular formula is C19H25Cl2N5O2. The minimum Gasteiger partial charge on any atom is -0.324 e. The van der Waals surface area contributed by atoms with Crippen molar-refractivity contribution < 1.29 is 9.59 Å². The number of carbonyl (C=O) groups is 2. The largest absolute Gasteiger partial charge is 0.324 e. The van der Waals surface area contributed by atoms with E-state index < -0.39 is 11.8 Å². The highest BCUT2D eigenvalue weighted by molar-refractivity contribution is 6.46. The summed E-state index contributed by atoms with van der Waals surface area (Å²) in [4.78, 5) is 34.0. The van der Waals surface area contributed by atoms with E-state index in [4.69, 9.17) is 23.2 Å². The lowest BCUT2D eigenvalue weighted by Crippen LogP contribution is -2.39.